The second kappa shape index (κ2) is 8.24. The second-order valence-electron chi connectivity index (χ2n) is 7.02. The van der Waals surface area contributed by atoms with Gasteiger partial charge in [0.2, 0.25) is 5.91 Å². The fourth-order valence-corrected chi connectivity index (χ4v) is 3.62. The summed E-state index contributed by atoms with van der Waals surface area (Å²) in [5.74, 6) is 0.501. The molecule has 0 aliphatic carbocycles. The highest BCUT2D eigenvalue weighted by Crippen LogP contribution is 2.26. The molecule has 1 aliphatic rings. The van der Waals surface area contributed by atoms with Gasteiger partial charge in [-0.1, -0.05) is 23.4 Å². The summed E-state index contributed by atoms with van der Waals surface area (Å²) < 4.78 is 5.19. The Bertz CT molecular complexity index is 775. The van der Waals surface area contributed by atoms with Crippen molar-refractivity contribution in [3.05, 3.63) is 47.3 Å². The van der Waals surface area contributed by atoms with Gasteiger partial charge >= 0.3 is 6.03 Å². The molecule has 7 nitrogen and oxygen atoms in total. The molecule has 7 heteroatoms. The summed E-state index contributed by atoms with van der Waals surface area (Å²) in [5.41, 5.74) is 2.40. The first kappa shape index (κ1) is 18.9. The summed E-state index contributed by atoms with van der Waals surface area (Å²) in [6.45, 7) is 6.84. The van der Waals surface area contributed by atoms with E-state index < -0.39 is 0 Å². The Labute approximate surface area is 159 Å². The highest BCUT2D eigenvalue weighted by Gasteiger charge is 2.30. The van der Waals surface area contributed by atoms with Crippen LogP contribution in [0.2, 0.25) is 0 Å². The summed E-state index contributed by atoms with van der Waals surface area (Å²) >= 11 is 0. The summed E-state index contributed by atoms with van der Waals surface area (Å²) in [5, 5.41) is 9.76. The zero-order chi connectivity index (χ0) is 19.4. The average molecular weight is 370 g/mol. The van der Waals surface area contributed by atoms with Gasteiger partial charge in [-0.3, -0.25) is 4.79 Å². The maximum absolute atomic E-state index is 12.8. The molecule has 27 heavy (non-hydrogen) atoms. The van der Waals surface area contributed by atoms with Crippen molar-refractivity contribution in [3.8, 4) is 0 Å². The number of amides is 3. The molecule has 0 spiro atoms. The topological polar surface area (TPSA) is 87.5 Å². The molecular weight excluding hydrogens is 344 g/mol. The van der Waals surface area contributed by atoms with Crippen LogP contribution in [0.1, 0.15) is 42.7 Å². The third-order valence-corrected chi connectivity index (χ3v) is 5.07. The monoisotopic (exact) mass is 370 g/mol. The van der Waals surface area contributed by atoms with Gasteiger partial charge in [0.1, 0.15) is 5.76 Å². The van der Waals surface area contributed by atoms with Gasteiger partial charge in [-0.25, -0.2) is 4.79 Å². The highest BCUT2D eigenvalue weighted by molar-refractivity contribution is 5.89. The third kappa shape index (κ3) is 4.48. The lowest BCUT2D eigenvalue weighted by molar-refractivity contribution is -0.133. The number of aromatic nitrogens is 1. The molecule has 1 aromatic carbocycles. The van der Waals surface area contributed by atoms with Crippen molar-refractivity contribution in [2.24, 2.45) is 0 Å². The molecule has 1 unspecified atom stereocenters. The van der Waals surface area contributed by atoms with Crippen LogP contribution in [-0.2, 0) is 4.79 Å². The van der Waals surface area contributed by atoms with E-state index in [1.54, 1.807) is 0 Å². The molecule has 3 rings (SSSR count). The van der Waals surface area contributed by atoms with Crippen LogP contribution in [0.3, 0.4) is 0 Å². The minimum atomic E-state index is -0.276. The minimum absolute atomic E-state index is 0.0622. The summed E-state index contributed by atoms with van der Waals surface area (Å²) in [6, 6.07) is 9.19. The van der Waals surface area contributed by atoms with E-state index in [-0.39, 0.29) is 23.9 Å². The van der Waals surface area contributed by atoms with Crippen molar-refractivity contribution < 1.29 is 14.1 Å². The number of hydrogen-bond donors (Lipinski definition) is 2. The van der Waals surface area contributed by atoms with E-state index in [9.17, 15) is 9.59 Å². The quantitative estimate of drug-likeness (QED) is 0.865. The highest BCUT2D eigenvalue weighted by atomic mass is 16.5. The number of benzene rings is 1. The molecule has 3 amide bonds. The van der Waals surface area contributed by atoms with Crippen molar-refractivity contribution in [3.63, 3.8) is 0 Å². The van der Waals surface area contributed by atoms with Crippen LogP contribution < -0.4 is 10.6 Å². The number of anilines is 1. The van der Waals surface area contributed by atoms with E-state index >= 15 is 0 Å². The van der Waals surface area contributed by atoms with E-state index in [0.717, 1.165) is 29.8 Å². The predicted octanol–water partition coefficient (Wildman–Crippen LogP) is 3.21. The molecule has 1 atom stereocenters. The van der Waals surface area contributed by atoms with Gasteiger partial charge in [0.25, 0.3) is 0 Å². The number of hydrogen-bond acceptors (Lipinski definition) is 4. The lowest BCUT2D eigenvalue weighted by atomic mass is 9.96. The number of carbonyl (C=O) groups excluding carboxylic acids is 2. The van der Waals surface area contributed by atoms with Gasteiger partial charge in [-0.05, 0) is 45.7 Å². The standard InChI is InChI=1S/C20H26N4O3/c1-13(18-14(2)23-27-15(18)3)19(25)24-11-9-17(10-12-24)22-20(26)21-16-7-5-4-6-8-16/h4-8,13,17H,9-12H2,1-3H3,(H2,21,22,26). The number of nitrogens with zero attached hydrogens (tertiary/aromatic N) is 2. The molecule has 144 valence electrons. The van der Waals surface area contributed by atoms with Gasteiger partial charge in [0.05, 0.1) is 11.6 Å². The number of carbonyl (C=O) groups is 2. The van der Waals surface area contributed by atoms with Crippen LogP contribution >= 0.6 is 0 Å². The fraction of sp³-hybridized carbons (Fsp3) is 0.450. The molecular formula is C20H26N4O3. The molecule has 2 heterocycles. The molecule has 2 aromatic rings. The number of rotatable bonds is 4. The zero-order valence-electron chi connectivity index (χ0n) is 16.0. The van der Waals surface area contributed by atoms with Gasteiger partial charge < -0.3 is 20.1 Å². The predicted molar refractivity (Wildman–Crippen MR) is 103 cm³/mol. The first-order valence-electron chi connectivity index (χ1n) is 9.30. The SMILES string of the molecule is Cc1noc(C)c1C(C)C(=O)N1CCC(NC(=O)Nc2ccccc2)CC1. The minimum Gasteiger partial charge on any atom is -0.361 e. The van der Waals surface area contributed by atoms with Gasteiger partial charge in [0, 0.05) is 30.4 Å². The van der Waals surface area contributed by atoms with Gasteiger partial charge in [0.15, 0.2) is 0 Å². The van der Waals surface area contributed by atoms with Gasteiger partial charge in [-0.15, -0.1) is 0 Å². The normalized spacial score (nSPS) is 16.0. The maximum atomic E-state index is 12.8. The number of piperidine rings is 1. The Balaban J connectivity index is 1.50. The van der Waals surface area contributed by atoms with Gasteiger partial charge in [-0.2, -0.15) is 0 Å². The van der Waals surface area contributed by atoms with Crippen LogP contribution in [0.5, 0.6) is 0 Å². The molecule has 1 fully saturated rings. The third-order valence-electron chi connectivity index (χ3n) is 5.07. The molecule has 0 bridgehead atoms. The van der Waals surface area contributed by atoms with E-state index in [0.29, 0.717) is 18.8 Å². The Hall–Kier alpha value is -2.83. The number of aryl methyl sites for hydroxylation is 2. The first-order chi connectivity index (χ1) is 13.0. The van der Waals surface area contributed by atoms with Crippen molar-refractivity contribution in [1.29, 1.82) is 0 Å². The Kier molecular flexibility index (Phi) is 5.78. The van der Waals surface area contributed by atoms with Crippen molar-refractivity contribution in [2.45, 2.75) is 45.6 Å². The molecule has 1 aromatic heterocycles. The number of likely N-dealkylation sites (tertiary alicyclic amines) is 1. The molecule has 1 aliphatic heterocycles. The van der Waals surface area contributed by atoms with Crippen LogP contribution in [0.25, 0.3) is 0 Å². The summed E-state index contributed by atoms with van der Waals surface area (Å²) in [7, 11) is 0. The average Bonchev–Trinajstić information content (AvgIpc) is 3.00. The van der Waals surface area contributed by atoms with Crippen molar-refractivity contribution >= 4 is 17.6 Å². The Morgan fingerprint density at radius 3 is 2.44 bits per heavy atom. The molecule has 2 N–H and O–H groups in total. The van der Waals surface area contributed by atoms with Crippen molar-refractivity contribution in [1.82, 2.24) is 15.4 Å². The Morgan fingerprint density at radius 1 is 1.19 bits per heavy atom. The number of nitrogens with one attached hydrogen (secondary N) is 2. The largest absolute Gasteiger partial charge is 0.361 e. The molecule has 1 saturated heterocycles. The number of urea groups is 1. The number of para-hydroxylation sites is 1. The summed E-state index contributed by atoms with van der Waals surface area (Å²) in [4.78, 5) is 26.8. The van der Waals surface area contributed by atoms with E-state index in [1.807, 2.05) is 56.0 Å². The first-order valence-corrected chi connectivity index (χ1v) is 9.30. The smallest absolute Gasteiger partial charge is 0.319 e. The van der Waals surface area contributed by atoms with E-state index in [2.05, 4.69) is 15.8 Å². The molecule has 0 radical (unpaired) electrons. The van der Waals surface area contributed by atoms with Crippen LogP contribution in [0, 0.1) is 13.8 Å². The second-order valence-corrected chi connectivity index (χ2v) is 7.02. The zero-order valence-corrected chi connectivity index (χ0v) is 16.0. The van der Waals surface area contributed by atoms with E-state index in [4.69, 9.17) is 4.52 Å². The Morgan fingerprint density at radius 2 is 1.85 bits per heavy atom. The lowest BCUT2D eigenvalue weighted by Gasteiger charge is -2.34. The fourth-order valence-electron chi connectivity index (χ4n) is 3.62. The lowest BCUT2D eigenvalue weighted by Crippen LogP contribution is -2.48. The van der Waals surface area contributed by atoms with Crippen LogP contribution in [0.15, 0.2) is 34.9 Å². The maximum Gasteiger partial charge on any atom is 0.319 e. The van der Waals surface area contributed by atoms with Crippen molar-refractivity contribution in [2.75, 3.05) is 18.4 Å². The van der Waals surface area contributed by atoms with Crippen LogP contribution in [-0.4, -0.2) is 41.1 Å². The summed E-state index contributed by atoms with van der Waals surface area (Å²) in [6.07, 6.45) is 1.48. The van der Waals surface area contributed by atoms with E-state index in [1.165, 1.54) is 0 Å². The molecule has 0 saturated carbocycles. The van der Waals surface area contributed by atoms with Crippen LogP contribution in [0.4, 0.5) is 10.5 Å².